The maximum atomic E-state index is 12.0. The van der Waals surface area contributed by atoms with Crippen molar-refractivity contribution < 1.29 is 27.7 Å². The van der Waals surface area contributed by atoms with Crippen molar-refractivity contribution in [2.45, 2.75) is 70.5 Å². The third-order valence-electron chi connectivity index (χ3n) is 3.56. The van der Waals surface area contributed by atoms with Crippen LogP contribution in [0.15, 0.2) is 0 Å². The minimum atomic E-state index is -3.53. The highest BCUT2D eigenvalue weighted by Crippen LogP contribution is 2.47. The molecule has 0 spiro atoms. The average molecular weight is 399 g/mol. The van der Waals surface area contributed by atoms with Crippen LogP contribution in [0.3, 0.4) is 0 Å². The number of phosphoric ester groups is 1. The second-order valence-corrected chi connectivity index (χ2v) is 9.05. The fourth-order valence-electron chi connectivity index (χ4n) is 2.12. The van der Waals surface area contributed by atoms with Crippen LogP contribution < -0.4 is 0 Å². The minimum absolute atomic E-state index is 0.0789. The van der Waals surface area contributed by atoms with E-state index in [1.54, 1.807) is 0 Å². The van der Waals surface area contributed by atoms with Gasteiger partial charge in [0, 0.05) is 27.2 Å². The van der Waals surface area contributed by atoms with Gasteiger partial charge in [-0.1, -0.05) is 57.7 Å². The summed E-state index contributed by atoms with van der Waals surface area (Å²) in [5.41, 5.74) is 0. The van der Waals surface area contributed by atoms with E-state index in [4.69, 9.17) is 18.3 Å². The zero-order valence-electron chi connectivity index (χ0n) is 16.2. The van der Waals surface area contributed by atoms with E-state index in [-0.39, 0.29) is 17.0 Å². The van der Waals surface area contributed by atoms with Crippen molar-refractivity contribution in [3.8, 4) is 0 Å². The van der Waals surface area contributed by atoms with Gasteiger partial charge in [-0.05, 0) is 12.8 Å². The van der Waals surface area contributed by atoms with Crippen LogP contribution in [-0.2, 0) is 27.7 Å². The second kappa shape index (κ2) is 16.3. The van der Waals surface area contributed by atoms with Gasteiger partial charge in [0.2, 0.25) is 0 Å². The van der Waals surface area contributed by atoms with Gasteiger partial charge in [0.05, 0.1) is 18.5 Å². The standard InChI is InChI=1S/C17H35O6PS/c1-5-7-8-9-10-11-13-22-14-16(25-17(18)12-6-2)15-23-24(19,20-3)21-4/h16H,5-15H2,1-4H3/t16-/m0/s1. The normalized spacial score (nSPS) is 13.1. The van der Waals surface area contributed by atoms with Crippen LogP contribution in [0.1, 0.15) is 65.2 Å². The first kappa shape index (κ1) is 25.1. The number of hydrogen-bond acceptors (Lipinski definition) is 7. The number of rotatable bonds is 17. The van der Waals surface area contributed by atoms with Crippen LogP contribution in [-0.4, -0.2) is 44.4 Å². The van der Waals surface area contributed by atoms with Crippen LogP contribution in [0.4, 0.5) is 0 Å². The third-order valence-corrected chi connectivity index (χ3v) is 6.00. The number of hydrogen-bond donors (Lipinski definition) is 0. The molecule has 1 atom stereocenters. The molecule has 0 bridgehead atoms. The van der Waals surface area contributed by atoms with E-state index in [1.165, 1.54) is 51.7 Å². The Morgan fingerprint density at radius 3 is 2.20 bits per heavy atom. The van der Waals surface area contributed by atoms with E-state index in [0.29, 0.717) is 19.6 Å². The third kappa shape index (κ3) is 13.9. The topological polar surface area (TPSA) is 71.1 Å². The van der Waals surface area contributed by atoms with Gasteiger partial charge < -0.3 is 4.74 Å². The highest BCUT2D eigenvalue weighted by atomic mass is 32.2. The van der Waals surface area contributed by atoms with Crippen molar-refractivity contribution in [2.24, 2.45) is 0 Å². The minimum Gasteiger partial charge on any atom is -0.380 e. The molecule has 0 heterocycles. The van der Waals surface area contributed by atoms with Crippen molar-refractivity contribution in [1.82, 2.24) is 0 Å². The maximum absolute atomic E-state index is 12.0. The van der Waals surface area contributed by atoms with E-state index >= 15 is 0 Å². The first-order valence-electron chi connectivity index (χ1n) is 9.14. The van der Waals surface area contributed by atoms with Gasteiger partial charge >= 0.3 is 7.82 Å². The summed E-state index contributed by atoms with van der Waals surface area (Å²) in [6, 6.07) is 0. The summed E-state index contributed by atoms with van der Waals surface area (Å²) >= 11 is 1.18. The smallest absolute Gasteiger partial charge is 0.380 e. The van der Waals surface area contributed by atoms with Crippen molar-refractivity contribution in [2.75, 3.05) is 34.0 Å². The predicted molar refractivity (Wildman–Crippen MR) is 103 cm³/mol. The molecule has 8 heteroatoms. The van der Waals surface area contributed by atoms with Gasteiger partial charge in [-0.2, -0.15) is 0 Å². The van der Waals surface area contributed by atoms with E-state index in [9.17, 15) is 9.36 Å². The van der Waals surface area contributed by atoms with Crippen LogP contribution in [0.25, 0.3) is 0 Å². The number of carbonyl (C=O) groups is 1. The molecular weight excluding hydrogens is 363 g/mol. The van der Waals surface area contributed by atoms with Gasteiger partial charge in [-0.3, -0.25) is 18.4 Å². The molecule has 6 nitrogen and oxygen atoms in total. The summed E-state index contributed by atoms with van der Waals surface area (Å²) in [5.74, 6) is 0. The lowest BCUT2D eigenvalue weighted by molar-refractivity contribution is -0.111. The Kier molecular flexibility index (Phi) is 16.3. The van der Waals surface area contributed by atoms with E-state index < -0.39 is 7.82 Å². The van der Waals surface area contributed by atoms with Crippen molar-refractivity contribution in [3.63, 3.8) is 0 Å². The van der Waals surface area contributed by atoms with E-state index in [1.807, 2.05) is 6.92 Å². The van der Waals surface area contributed by atoms with Crippen LogP contribution >= 0.6 is 19.6 Å². The van der Waals surface area contributed by atoms with E-state index in [2.05, 4.69) is 6.92 Å². The number of thioether (sulfide) groups is 1. The Balaban J connectivity index is 4.17. The maximum Gasteiger partial charge on any atom is 0.474 e. The molecule has 0 saturated carbocycles. The molecule has 0 aliphatic heterocycles. The molecule has 0 amide bonds. The zero-order valence-corrected chi connectivity index (χ0v) is 17.9. The molecule has 0 aromatic carbocycles. The Morgan fingerprint density at radius 2 is 1.60 bits per heavy atom. The lowest BCUT2D eigenvalue weighted by atomic mass is 10.1. The Morgan fingerprint density at radius 1 is 0.960 bits per heavy atom. The summed E-state index contributed by atoms with van der Waals surface area (Å²) in [5, 5.41) is -0.137. The van der Waals surface area contributed by atoms with E-state index in [0.717, 1.165) is 19.3 Å². The van der Waals surface area contributed by atoms with Gasteiger partial charge in [0.1, 0.15) is 0 Å². The van der Waals surface area contributed by atoms with Crippen LogP contribution in [0, 0.1) is 0 Å². The monoisotopic (exact) mass is 398 g/mol. The van der Waals surface area contributed by atoms with Crippen molar-refractivity contribution in [1.29, 1.82) is 0 Å². The molecule has 0 fully saturated rings. The summed E-state index contributed by atoms with van der Waals surface area (Å²) in [7, 11) is -0.999. The Labute approximate surface area is 157 Å². The summed E-state index contributed by atoms with van der Waals surface area (Å²) in [6.07, 6.45) is 8.52. The highest BCUT2D eigenvalue weighted by molar-refractivity contribution is 8.14. The van der Waals surface area contributed by atoms with Crippen molar-refractivity contribution in [3.05, 3.63) is 0 Å². The van der Waals surface area contributed by atoms with Gasteiger partial charge in [-0.25, -0.2) is 4.57 Å². The average Bonchev–Trinajstić information content (AvgIpc) is 2.61. The molecule has 0 aromatic rings. The number of carbonyl (C=O) groups excluding carboxylic acids is 1. The quantitative estimate of drug-likeness (QED) is 0.246. The SMILES string of the molecule is CCCCCCCCOC[C@@H](COP(=O)(OC)OC)SC(=O)CCC. The van der Waals surface area contributed by atoms with Gasteiger partial charge in [0.15, 0.2) is 5.12 Å². The molecule has 0 unspecified atom stereocenters. The molecule has 0 rings (SSSR count). The first-order chi connectivity index (χ1) is 12.0. The highest BCUT2D eigenvalue weighted by Gasteiger charge is 2.26. The molecule has 0 aromatic heterocycles. The lowest BCUT2D eigenvalue weighted by Crippen LogP contribution is -2.21. The molecule has 25 heavy (non-hydrogen) atoms. The number of ether oxygens (including phenoxy) is 1. The molecular formula is C17H35O6PS. The fourth-order valence-corrected chi connectivity index (χ4v) is 3.94. The molecule has 0 aliphatic rings. The first-order valence-corrected chi connectivity index (χ1v) is 11.5. The van der Waals surface area contributed by atoms with Crippen LogP contribution in [0.5, 0.6) is 0 Å². The molecule has 0 aliphatic carbocycles. The summed E-state index contributed by atoms with van der Waals surface area (Å²) < 4.78 is 32.4. The predicted octanol–water partition coefficient (Wildman–Crippen LogP) is 5.21. The largest absolute Gasteiger partial charge is 0.474 e. The Bertz CT molecular complexity index is 372. The summed E-state index contributed by atoms with van der Waals surface area (Å²) in [4.78, 5) is 11.9. The van der Waals surface area contributed by atoms with Crippen LogP contribution in [0.2, 0.25) is 0 Å². The van der Waals surface area contributed by atoms with Gasteiger partial charge in [-0.15, -0.1) is 0 Å². The fraction of sp³-hybridized carbons (Fsp3) is 0.941. The molecule has 0 radical (unpaired) electrons. The second-order valence-electron chi connectivity index (χ2n) is 5.81. The number of unbranched alkanes of at least 4 members (excludes halogenated alkanes) is 5. The zero-order chi connectivity index (χ0) is 19.0. The van der Waals surface area contributed by atoms with Gasteiger partial charge in [0.25, 0.3) is 0 Å². The molecule has 0 N–H and O–H groups in total. The lowest BCUT2D eigenvalue weighted by Gasteiger charge is -2.19. The molecule has 0 saturated heterocycles. The number of phosphoric acid groups is 1. The Hall–Kier alpha value is 0.0900. The molecule has 150 valence electrons. The van der Waals surface area contributed by atoms with Crippen molar-refractivity contribution >= 4 is 24.7 Å². The summed E-state index contributed by atoms with van der Waals surface area (Å²) in [6.45, 7) is 5.29.